The van der Waals surface area contributed by atoms with Gasteiger partial charge in [0.15, 0.2) is 0 Å². The van der Waals surface area contributed by atoms with E-state index in [0.29, 0.717) is 18.0 Å². The number of urea groups is 1. The molecule has 2 aliphatic heterocycles. The molecule has 2 aliphatic rings. The van der Waals surface area contributed by atoms with Crippen molar-refractivity contribution < 1.29 is 19.5 Å². The second-order valence-corrected chi connectivity index (χ2v) is 7.42. The SMILES string of the molecule is CNc1cc(C2CCN(CCC(=O)O)CC2)ccc1C(=N)N1CCC(=O)NC1=O. The third kappa shape index (κ3) is 4.92. The van der Waals surface area contributed by atoms with Crippen molar-refractivity contribution in [3.63, 3.8) is 0 Å². The molecule has 0 aromatic heterocycles. The Hall–Kier alpha value is -2.94. The van der Waals surface area contributed by atoms with E-state index in [1.165, 1.54) is 10.5 Å². The van der Waals surface area contributed by atoms with Crippen molar-refractivity contribution in [2.75, 3.05) is 38.5 Å². The smallest absolute Gasteiger partial charge is 0.329 e. The molecule has 29 heavy (non-hydrogen) atoms. The molecule has 2 heterocycles. The van der Waals surface area contributed by atoms with Crippen molar-refractivity contribution in [1.82, 2.24) is 15.1 Å². The number of amidine groups is 1. The minimum Gasteiger partial charge on any atom is -0.481 e. The molecule has 0 aliphatic carbocycles. The average Bonchev–Trinajstić information content (AvgIpc) is 2.71. The van der Waals surface area contributed by atoms with Crippen molar-refractivity contribution >= 4 is 29.4 Å². The molecule has 9 heteroatoms. The third-order valence-electron chi connectivity index (χ3n) is 5.59. The lowest BCUT2D eigenvalue weighted by molar-refractivity contribution is -0.137. The summed E-state index contributed by atoms with van der Waals surface area (Å²) in [6, 6.07) is 5.31. The van der Waals surface area contributed by atoms with Gasteiger partial charge in [-0.05, 0) is 49.5 Å². The van der Waals surface area contributed by atoms with Gasteiger partial charge in [-0.3, -0.25) is 25.2 Å². The highest BCUT2D eigenvalue weighted by atomic mass is 16.4. The first-order chi connectivity index (χ1) is 13.9. The number of amides is 3. The number of nitrogens with one attached hydrogen (secondary N) is 3. The van der Waals surface area contributed by atoms with Crippen molar-refractivity contribution in [3.8, 4) is 0 Å². The molecule has 156 valence electrons. The van der Waals surface area contributed by atoms with Gasteiger partial charge in [0.1, 0.15) is 5.84 Å². The first kappa shape index (κ1) is 20.8. The summed E-state index contributed by atoms with van der Waals surface area (Å²) >= 11 is 0. The van der Waals surface area contributed by atoms with Crippen LogP contribution in [0.15, 0.2) is 18.2 Å². The molecule has 0 radical (unpaired) electrons. The molecule has 3 amide bonds. The number of carboxylic acid groups (broad SMARTS) is 1. The molecule has 4 N–H and O–H groups in total. The number of piperidine rings is 1. The van der Waals surface area contributed by atoms with Crippen LogP contribution in [-0.4, -0.2) is 71.9 Å². The fraction of sp³-hybridized carbons (Fsp3) is 0.500. The highest BCUT2D eigenvalue weighted by Gasteiger charge is 2.28. The summed E-state index contributed by atoms with van der Waals surface area (Å²) in [6.07, 6.45) is 2.26. The number of nitrogens with zero attached hydrogens (tertiary/aromatic N) is 2. The summed E-state index contributed by atoms with van der Waals surface area (Å²) in [5.74, 6) is -0.648. The number of hydrogen-bond acceptors (Lipinski definition) is 6. The third-order valence-corrected chi connectivity index (χ3v) is 5.59. The zero-order valence-corrected chi connectivity index (χ0v) is 16.5. The van der Waals surface area contributed by atoms with Crippen LogP contribution >= 0.6 is 0 Å². The highest BCUT2D eigenvalue weighted by Crippen LogP contribution is 2.31. The maximum Gasteiger partial charge on any atom is 0.329 e. The van der Waals surface area contributed by atoms with E-state index >= 15 is 0 Å². The zero-order chi connectivity index (χ0) is 21.0. The van der Waals surface area contributed by atoms with Gasteiger partial charge in [0.25, 0.3) is 0 Å². The predicted octanol–water partition coefficient (Wildman–Crippen LogP) is 1.65. The molecular weight excluding hydrogens is 374 g/mol. The summed E-state index contributed by atoms with van der Waals surface area (Å²) < 4.78 is 0. The Balaban J connectivity index is 1.68. The van der Waals surface area contributed by atoms with Crippen molar-refractivity contribution in [2.24, 2.45) is 0 Å². The van der Waals surface area contributed by atoms with E-state index < -0.39 is 12.0 Å². The standard InChI is InChI=1S/C20H27N5O4/c1-22-16-12-14(13-4-8-24(9-5-13)10-7-18(27)28)2-3-15(16)19(21)25-11-6-17(26)23-20(25)29/h2-3,12-13,21-22H,4-11H2,1H3,(H,27,28)(H,23,26,29). The Morgan fingerprint density at radius 2 is 2.00 bits per heavy atom. The van der Waals surface area contributed by atoms with Gasteiger partial charge in [0.2, 0.25) is 5.91 Å². The van der Waals surface area contributed by atoms with E-state index in [4.69, 9.17) is 10.5 Å². The van der Waals surface area contributed by atoms with E-state index in [2.05, 4.69) is 15.5 Å². The molecule has 0 spiro atoms. The largest absolute Gasteiger partial charge is 0.481 e. The van der Waals surface area contributed by atoms with Gasteiger partial charge in [-0.15, -0.1) is 0 Å². The van der Waals surface area contributed by atoms with Crippen molar-refractivity contribution in [3.05, 3.63) is 29.3 Å². The minimum absolute atomic E-state index is 0.0642. The highest BCUT2D eigenvalue weighted by molar-refractivity contribution is 6.12. The second-order valence-electron chi connectivity index (χ2n) is 7.42. The van der Waals surface area contributed by atoms with Gasteiger partial charge in [0.05, 0.1) is 6.42 Å². The van der Waals surface area contributed by atoms with Crippen LogP contribution in [0.5, 0.6) is 0 Å². The van der Waals surface area contributed by atoms with Crippen LogP contribution in [0.3, 0.4) is 0 Å². The molecule has 1 aromatic carbocycles. The van der Waals surface area contributed by atoms with E-state index in [1.807, 2.05) is 18.2 Å². The van der Waals surface area contributed by atoms with E-state index in [9.17, 15) is 14.4 Å². The fourth-order valence-electron chi connectivity index (χ4n) is 3.90. The molecule has 0 saturated carbocycles. The number of carbonyl (C=O) groups excluding carboxylic acids is 2. The monoisotopic (exact) mass is 401 g/mol. The minimum atomic E-state index is -0.768. The van der Waals surface area contributed by atoms with Gasteiger partial charge in [-0.2, -0.15) is 0 Å². The van der Waals surface area contributed by atoms with Crippen molar-refractivity contribution in [2.45, 2.75) is 31.6 Å². The molecule has 1 aromatic rings. The number of aliphatic carboxylic acids is 1. The number of carbonyl (C=O) groups is 3. The average molecular weight is 401 g/mol. The number of carboxylic acids is 1. The molecule has 2 saturated heterocycles. The van der Waals surface area contributed by atoms with E-state index in [0.717, 1.165) is 31.6 Å². The molecule has 2 fully saturated rings. The quantitative estimate of drug-likeness (QED) is 0.424. The zero-order valence-electron chi connectivity index (χ0n) is 16.5. The molecule has 0 unspecified atom stereocenters. The number of likely N-dealkylation sites (tertiary alicyclic amines) is 1. The van der Waals surface area contributed by atoms with Crippen LogP contribution in [0.2, 0.25) is 0 Å². The van der Waals surface area contributed by atoms with Crippen molar-refractivity contribution in [1.29, 1.82) is 5.41 Å². The number of anilines is 1. The van der Waals surface area contributed by atoms with Gasteiger partial charge < -0.3 is 15.3 Å². The fourth-order valence-corrected chi connectivity index (χ4v) is 3.90. The van der Waals surface area contributed by atoms with E-state index in [1.54, 1.807) is 7.05 Å². The number of benzene rings is 1. The Morgan fingerprint density at radius 3 is 2.62 bits per heavy atom. The number of rotatable bonds is 6. The topological polar surface area (TPSA) is 126 Å². The molecular formula is C20H27N5O4. The summed E-state index contributed by atoms with van der Waals surface area (Å²) in [6.45, 7) is 2.52. The Morgan fingerprint density at radius 1 is 1.28 bits per heavy atom. The maximum atomic E-state index is 12.1. The van der Waals surface area contributed by atoms with Gasteiger partial charge >= 0.3 is 12.0 Å². The maximum absolute atomic E-state index is 12.1. The Bertz CT molecular complexity index is 817. The second kappa shape index (κ2) is 9.04. The van der Waals surface area contributed by atoms with Gasteiger partial charge in [-0.25, -0.2) is 4.79 Å². The Kier molecular flexibility index (Phi) is 6.48. The number of hydrogen-bond donors (Lipinski definition) is 4. The molecule has 0 bridgehead atoms. The summed E-state index contributed by atoms with van der Waals surface area (Å²) in [5, 5.41) is 22.6. The normalized spacial score (nSPS) is 18.4. The summed E-state index contributed by atoms with van der Waals surface area (Å²) in [5.41, 5.74) is 2.55. The first-order valence-electron chi connectivity index (χ1n) is 9.85. The summed E-state index contributed by atoms with van der Waals surface area (Å²) in [7, 11) is 1.78. The lowest BCUT2D eigenvalue weighted by Gasteiger charge is -2.32. The molecule has 0 atom stereocenters. The van der Waals surface area contributed by atoms with Crippen LogP contribution in [0, 0.1) is 5.41 Å². The lowest BCUT2D eigenvalue weighted by atomic mass is 9.88. The van der Waals surface area contributed by atoms with E-state index in [-0.39, 0.29) is 31.1 Å². The predicted molar refractivity (Wildman–Crippen MR) is 108 cm³/mol. The van der Waals surface area contributed by atoms with Gasteiger partial charge in [-0.1, -0.05) is 6.07 Å². The first-order valence-corrected chi connectivity index (χ1v) is 9.85. The molecule has 9 nitrogen and oxygen atoms in total. The number of imide groups is 1. The lowest BCUT2D eigenvalue weighted by Crippen LogP contribution is -2.52. The van der Waals surface area contributed by atoms with Crippen LogP contribution in [0.25, 0.3) is 0 Å². The van der Waals surface area contributed by atoms with Crippen LogP contribution < -0.4 is 10.6 Å². The van der Waals surface area contributed by atoms with Crippen LogP contribution in [-0.2, 0) is 9.59 Å². The van der Waals surface area contributed by atoms with Crippen LogP contribution in [0.1, 0.15) is 42.7 Å². The Labute approximate surface area is 169 Å². The van der Waals surface area contributed by atoms with Gasteiger partial charge in [0, 0.05) is 37.8 Å². The van der Waals surface area contributed by atoms with Crippen LogP contribution in [0.4, 0.5) is 10.5 Å². The molecule has 3 rings (SSSR count). The summed E-state index contributed by atoms with van der Waals surface area (Å²) in [4.78, 5) is 37.6.